The smallest absolute Gasteiger partial charge is 0.239 e. The molecule has 1 aromatic rings. The van der Waals surface area contributed by atoms with Gasteiger partial charge in [0.1, 0.15) is 6.54 Å². The topological polar surface area (TPSA) is 72.9 Å². The summed E-state index contributed by atoms with van der Waals surface area (Å²) >= 11 is 2.01. The van der Waals surface area contributed by atoms with Crippen molar-refractivity contribution in [2.45, 2.75) is 13.0 Å². The molecule has 1 amide bonds. The summed E-state index contributed by atoms with van der Waals surface area (Å²) in [5.41, 5.74) is 6.04. The maximum Gasteiger partial charge on any atom is 0.239 e. The van der Waals surface area contributed by atoms with Crippen LogP contribution in [0.15, 0.2) is 12.4 Å². The van der Waals surface area contributed by atoms with Gasteiger partial charge in [0.25, 0.3) is 0 Å². The van der Waals surface area contributed by atoms with E-state index >= 15 is 0 Å². The molecule has 1 unspecified atom stereocenters. The first-order valence-electron chi connectivity index (χ1n) is 5.36. The van der Waals surface area contributed by atoms with Crippen LogP contribution in [0.3, 0.4) is 0 Å². The van der Waals surface area contributed by atoms with Gasteiger partial charge in [-0.1, -0.05) is 0 Å². The normalized spacial score (nSPS) is 19.9. The van der Waals surface area contributed by atoms with Gasteiger partial charge < -0.3 is 11.1 Å². The molecular weight excluding hydrogens is 224 g/mol. The zero-order chi connectivity index (χ0) is 11.4. The Bertz CT molecular complexity index is 359. The predicted octanol–water partition coefficient (Wildman–Crippen LogP) is 0.533. The van der Waals surface area contributed by atoms with Crippen LogP contribution in [-0.2, 0) is 11.3 Å². The van der Waals surface area contributed by atoms with E-state index in [0.29, 0.717) is 0 Å². The summed E-state index contributed by atoms with van der Waals surface area (Å²) in [7, 11) is 0. The van der Waals surface area contributed by atoms with E-state index in [2.05, 4.69) is 10.4 Å². The molecule has 0 spiro atoms. The fraction of sp³-hybridized carbons (Fsp3) is 0.600. The zero-order valence-corrected chi connectivity index (χ0v) is 9.87. The number of carbonyl (C=O) groups excluding carboxylic acids is 1. The minimum absolute atomic E-state index is 0.140. The van der Waals surface area contributed by atoms with E-state index in [1.54, 1.807) is 10.9 Å². The van der Waals surface area contributed by atoms with Gasteiger partial charge in [0.05, 0.1) is 11.9 Å². The Hall–Kier alpha value is -1.17. The van der Waals surface area contributed by atoms with E-state index in [1.807, 2.05) is 18.0 Å². The van der Waals surface area contributed by atoms with Gasteiger partial charge in [-0.05, 0) is 23.8 Å². The van der Waals surface area contributed by atoms with E-state index in [-0.39, 0.29) is 12.5 Å². The Morgan fingerprint density at radius 1 is 1.75 bits per heavy atom. The molecule has 1 saturated heterocycles. The van der Waals surface area contributed by atoms with Gasteiger partial charge in [-0.2, -0.15) is 16.9 Å². The van der Waals surface area contributed by atoms with Gasteiger partial charge in [0, 0.05) is 12.7 Å². The Kier molecular flexibility index (Phi) is 3.71. The molecule has 1 atom stereocenters. The molecule has 2 rings (SSSR count). The van der Waals surface area contributed by atoms with Crippen LogP contribution >= 0.6 is 11.8 Å². The first-order valence-corrected chi connectivity index (χ1v) is 6.52. The summed E-state index contributed by atoms with van der Waals surface area (Å²) in [4.78, 5) is 10.7. The number of amides is 1. The second-order valence-electron chi connectivity index (χ2n) is 4.00. The van der Waals surface area contributed by atoms with E-state index in [9.17, 15) is 4.79 Å². The minimum atomic E-state index is -0.373. The molecule has 88 valence electrons. The van der Waals surface area contributed by atoms with Crippen molar-refractivity contribution < 1.29 is 4.79 Å². The van der Waals surface area contributed by atoms with Crippen LogP contribution < -0.4 is 11.1 Å². The van der Waals surface area contributed by atoms with Crippen LogP contribution in [0, 0.1) is 5.92 Å². The van der Waals surface area contributed by atoms with Crippen molar-refractivity contribution in [2.75, 3.05) is 23.4 Å². The monoisotopic (exact) mass is 240 g/mol. The fourth-order valence-corrected chi connectivity index (χ4v) is 2.99. The first kappa shape index (κ1) is 11.3. The van der Waals surface area contributed by atoms with Gasteiger partial charge in [-0.3, -0.25) is 9.48 Å². The zero-order valence-electron chi connectivity index (χ0n) is 9.06. The fourth-order valence-electron chi connectivity index (χ4n) is 1.71. The summed E-state index contributed by atoms with van der Waals surface area (Å²) in [6.07, 6.45) is 4.82. The largest absolute Gasteiger partial charge is 0.382 e. The second-order valence-corrected chi connectivity index (χ2v) is 5.15. The van der Waals surface area contributed by atoms with Crippen molar-refractivity contribution in [3.63, 3.8) is 0 Å². The molecule has 0 saturated carbocycles. The lowest BCUT2D eigenvalue weighted by atomic mass is 10.1. The number of thioether (sulfide) groups is 1. The van der Waals surface area contributed by atoms with Gasteiger partial charge >= 0.3 is 0 Å². The van der Waals surface area contributed by atoms with E-state index in [4.69, 9.17) is 5.73 Å². The molecule has 3 N–H and O–H groups in total. The lowest BCUT2D eigenvalue weighted by molar-refractivity contribution is -0.118. The van der Waals surface area contributed by atoms with Crippen molar-refractivity contribution in [1.29, 1.82) is 0 Å². The average molecular weight is 240 g/mol. The van der Waals surface area contributed by atoms with Crippen molar-refractivity contribution in [3.8, 4) is 0 Å². The Morgan fingerprint density at radius 2 is 2.62 bits per heavy atom. The van der Waals surface area contributed by atoms with Crippen LogP contribution in [0.25, 0.3) is 0 Å². The van der Waals surface area contributed by atoms with Crippen molar-refractivity contribution in [3.05, 3.63) is 12.4 Å². The highest BCUT2D eigenvalue weighted by Crippen LogP contribution is 2.23. The number of primary amides is 1. The minimum Gasteiger partial charge on any atom is -0.382 e. The predicted molar refractivity (Wildman–Crippen MR) is 65.3 cm³/mol. The summed E-state index contributed by atoms with van der Waals surface area (Å²) in [6, 6.07) is 0. The lowest BCUT2D eigenvalue weighted by Crippen LogP contribution is -2.18. The molecule has 0 aliphatic carbocycles. The van der Waals surface area contributed by atoms with Crippen LogP contribution in [0.1, 0.15) is 6.42 Å². The molecule has 1 aromatic heterocycles. The molecule has 0 radical (unpaired) electrons. The number of aromatic nitrogens is 2. The molecule has 0 bridgehead atoms. The maximum atomic E-state index is 10.7. The number of nitrogens with two attached hydrogens (primary N) is 1. The summed E-state index contributed by atoms with van der Waals surface area (Å²) in [5, 5.41) is 7.38. The molecule has 16 heavy (non-hydrogen) atoms. The molecule has 5 nitrogen and oxygen atoms in total. The van der Waals surface area contributed by atoms with Crippen molar-refractivity contribution in [1.82, 2.24) is 9.78 Å². The maximum absolute atomic E-state index is 10.7. The molecular formula is C10H16N4OS. The van der Waals surface area contributed by atoms with Crippen LogP contribution in [0.5, 0.6) is 0 Å². The molecule has 2 heterocycles. The second kappa shape index (κ2) is 5.25. The van der Waals surface area contributed by atoms with Crippen LogP contribution in [0.4, 0.5) is 5.69 Å². The molecule has 1 fully saturated rings. The number of nitrogens with zero attached hydrogens (tertiary/aromatic N) is 2. The average Bonchev–Trinajstić information content (AvgIpc) is 2.84. The quantitative estimate of drug-likeness (QED) is 0.787. The number of anilines is 1. The Labute approximate surface area is 98.8 Å². The number of hydrogen-bond donors (Lipinski definition) is 2. The number of rotatable bonds is 5. The van der Waals surface area contributed by atoms with E-state index < -0.39 is 0 Å². The standard InChI is InChI=1S/C10H16N4OS/c11-10(15)6-14-5-9(4-13-14)12-3-8-1-2-16-7-8/h4-5,8,12H,1-3,6-7H2,(H2,11,15). The number of carbonyl (C=O) groups is 1. The third-order valence-electron chi connectivity index (χ3n) is 2.57. The highest BCUT2D eigenvalue weighted by molar-refractivity contribution is 7.99. The van der Waals surface area contributed by atoms with E-state index in [1.165, 1.54) is 17.9 Å². The number of hydrogen-bond acceptors (Lipinski definition) is 4. The van der Waals surface area contributed by atoms with Crippen LogP contribution in [0.2, 0.25) is 0 Å². The SMILES string of the molecule is NC(=O)Cn1cc(NCC2CCSC2)cn1. The summed E-state index contributed by atoms with van der Waals surface area (Å²) in [5.74, 6) is 2.89. The van der Waals surface area contributed by atoms with Gasteiger partial charge in [-0.15, -0.1) is 0 Å². The van der Waals surface area contributed by atoms with Crippen LogP contribution in [-0.4, -0.2) is 33.7 Å². The first-order chi connectivity index (χ1) is 7.74. The third-order valence-corrected chi connectivity index (χ3v) is 3.80. The molecule has 1 aliphatic rings. The van der Waals surface area contributed by atoms with Crippen molar-refractivity contribution >= 4 is 23.4 Å². The summed E-state index contributed by atoms with van der Waals surface area (Å²) < 4.78 is 1.55. The molecule has 1 aliphatic heterocycles. The Balaban J connectivity index is 1.80. The van der Waals surface area contributed by atoms with Gasteiger partial charge in [0.2, 0.25) is 5.91 Å². The molecule has 0 aromatic carbocycles. The van der Waals surface area contributed by atoms with E-state index in [0.717, 1.165) is 18.2 Å². The lowest BCUT2D eigenvalue weighted by Gasteiger charge is -2.08. The summed E-state index contributed by atoms with van der Waals surface area (Å²) in [6.45, 7) is 1.12. The molecule has 6 heteroatoms. The van der Waals surface area contributed by atoms with Gasteiger partial charge in [0.15, 0.2) is 0 Å². The van der Waals surface area contributed by atoms with Gasteiger partial charge in [-0.25, -0.2) is 0 Å². The van der Waals surface area contributed by atoms with Crippen molar-refractivity contribution in [2.24, 2.45) is 11.7 Å². The third kappa shape index (κ3) is 3.16. The number of nitrogens with one attached hydrogen (secondary N) is 1. The highest BCUT2D eigenvalue weighted by Gasteiger charge is 2.15. The Morgan fingerprint density at radius 3 is 3.31 bits per heavy atom. The highest BCUT2D eigenvalue weighted by atomic mass is 32.2.